The smallest absolute Gasteiger partial charge is 0.234 e. The first-order valence-corrected chi connectivity index (χ1v) is 11.4. The van der Waals surface area contributed by atoms with Crippen molar-refractivity contribution in [2.24, 2.45) is 0 Å². The molecular formula is C24H21ClN4O2S. The second-order valence-electron chi connectivity index (χ2n) is 7.42. The monoisotopic (exact) mass is 464 g/mol. The maximum absolute atomic E-state index is 12.3. The van der Waals surface area contributed by atoms with Crippen LogP contribution in [0.15, 0.2) is 76.5 Å². The lowest BCUT2D eigenvalue weighted by Crippen LogP contribution is -2.14. The molecule has 0 aliphatic carbocycles. The number of hydrogen-bond acceptors (Lipinski definition) is 6. The standard InChI is InChI=1S/C24H21ClN4O2S/c1-15(2)16-5-9-19(10-6-16)27-23(30)14-32-24-26-12-11-20(28-24)22-13-21(29-31-22)17-3-7-18(25)8-4-17/h3-13,15H,14H2,1-2H3,(H,27,30). The fraction of sp³-hybridized carbons (Fsp3) is 0.167. The minimum atomic E-state index is -0.119. The largest absolute Gasteiger partial charge is 0.354 e. The van der Waals surface area contributed by atoms with Crippen molar-refractivity contribution in [2.75, 3.05) is 11.1 Å². The Hall–Kier alpha value is -3.16. The van der Waals surface area contributed by atoms with Gasteiger partial charge in [-0.3, -0.25) is 4.79 Å². The fourth-order valence-electron chi connectivity index (χ4n) is 2.98. The summed E-state index contributed by atoms with van der Waals surface area (Å²) in [5.74, 6) is 1.05. The first-order valence-electron chi connectivity index (χ1n) is 10.1. The average molecular weight is 465 g/mol. The number of anilines is 1. The maximum atomic E-state index is 12.3. The molecule has 2 aromatic heterocycles. The molecule has 0 saturated carbocycles. The van der Waals surface area contributed by atoms with Crippen LogP contribution in [0.2, 0.25) is 5.02 Å². The number of carbonyl (C=O) groups is 1. The van der Waals surface area contributed by atoms with Crippen LogP contribution in [0.5, 0.6) is 0 Å². The average Bonchev–Trinajstić information content (AvgIpc) is 3.29. The zero-order valence-corrected chi connectivity index (χ0v) is 19.2. The molecule has 2 aromatic carbocycles. The normalized spacial score (nSPS) is 11.0. The highest BCUT2D eigenvalue weighted by Crippen LogP contribution is 2.27. The highest BCUT2D eigenvalue weighted by atomic mass is 35.5. The van der Waals surface area contributed by atoms with Crippen LogP contribution in [0.3, 0.4) is 0 Å². The Bertz CT molecular complexity index is 1210. The van der Waals surface area contributed by atoms with Gasteiger partial charge in [-0.25, -0.2) is 9.97 Å². The van der Waals surface area contributed by atoms with Crippen molar-refractivity contribution in [3.8, 4) is 22.7 Å². The summed E-state index contributed by atoms with van der Waals surface area (Å²) in [7, 11) is 0. The number of amides is 1. The summed E-state index contributed by atoms with van der Waals surface area (Å²) < 4.78 is 5.46. The predicted octanol–water partition coefficient (Wildman–Crippen LogP) is 6.31. The van der Waals surface area contributed by atoms with E-state index in [-0.39, 0.29) is 11.7 Å². The predicted molar refractivity (Wildman–Crippen MR) is 128 cm³/mol. The topological polar surface area (TPSA) is 80.9 Å². The first kappa shape index (κ1) is 22.0. The molecule has 0 atom stereocenters. The molecule has 1 amide bonds. The molecule has 4 rings (SSSR count). The van der Waals surface area contributed by atoms with E-state index in [0.717, 1.165) is 11.3 Å². The Morgan fingerprint density at radius 1 is 1.06 bits per heavy atom. The van der Waals surface area contributed by atoms with Gasteiger partial charge >= 0.3 is 0 Å². The molecular weight excluding hydrogens is 444 g/mol. The molecule has 0 radical (unpaired) electrons. The quantitative estimate of drug-likeness (QED) is 0.255. The summed E-state index contributed by atoms with van der Waals surface area (Å²) in [4.78, 5) is 21.1. The van der Waals surface area contributed by atoms with Crippen molar-refractivity contribution in [2.45, 2.75) is 24.9 Å². The number of nitrogens with one attached hydrogen (secondary N) is 1. The third kappa shape index (κ3) is 5.55. The third-order valence-corrected chi connectivity index (χ3v) is 5.84. The van der Waals surface area contributed by atoms with E-state index >= 15 is 0 Å². The zero-order chi connectivity index (χ0) is 22.5. The Morgan fingerprint density at radius 2 is 1.81 bits per heavy atom. The number of rotatable bonds is 7. The lowest BCUT2D eigenvalue weighted by Gasteiger charge is -2.08. The first-order chi connectivity index (χ1) is 15.5. The van der Waals surface area contributed by atoms with Crippen LogP contribution in [-0.4, -0.2) is 26.8 Å². The zero-order valence-electron chi connectivity index (χ0n) is 17.6. The fourth-order valence-corrected chi connectivity index (χ4v) is 3.74. The molecule has 0 saturated heterocycles. The lowest BCUT2D eigenvalue weighted by molar-refractivity contribution is -0.113. The van der Waals surface area contributed by atoms with Crippen LogP contribution in [0.25, 0.3) is 22.7 Å². The number of aromatic nitrogens is 3. The van der Waals surface area contributed by atoms with E-state index in [4.69, 9.17) is 16.1 Å². The number of nitrogens with zero attached hydrogens (tertiary/aromatic N) is 3. The van der Waals surface area contributed by atoms with Gasteiger partial charge in [0.1, 0.15) is 11.4 Å². The molecule has 0 spiro atoms. The Kier molecular flexibility index (Phi) is 6.87. The Balaban J connectivity index is 1.38. The van der Waals surface area contributed by atoms with Gasteiger partial charge in [0.2, 0.25) is 5.91 Å². The molecule has 4 aromatic rings. The van der Waals surface area contributed by atoms with Gasteiger partial charge in [-0.2, -0.15) is 0 Å². The van der Waals surface area contributed by atoms with Crippen molar-refractivity contribution in [1.29, 1.82) is 0 Å². The number of hydrogen-bond donors (Lipinski definition) is 1. The number of halogens is 1. The summed E-state index contributed by atoms with van der Waals surface area (Å²) in [5.41, 5.74) is 4.18. The SMILES string of the molecule is CC(C)c1ccc(NC(=O)CSc2nccc(-c3cc(-c4ccc(Cl)cc4)no3)n2)cc1. The van der Waals surface area contributed by atoms with E-state index in [2.05, 4.69) is 34.3 Å². The van der Waals surface area contributed by atoms with E-state index in [1.165, 1.54) is 17.3 Å². The molecule has 162 valence electrons. The molecule has 32 heavy (non-hydrogen) atoms. The van der Waals surface area contributed by atoms with Crippen LogP contribution in [0, 0.1) is 0 Å². The van der Waals surface area contributed by atoms with Gasteiger partial charge < -0.3 is 9.84 Å². The molecule has 0 unspecified atom stereocenters. The molecule has 0 bridgehead atoms. The highest BCUT2D eigenvalue weighted by Gasteiger charge is 2.12. The van der Waals surface area contributed by atoms with E-state index < -0.39 is 0 Å². The summed E-state index contributed by atoms with van der Waals surface area (Å²) in [5, 5.41) is 8.15. The molecule has 6 nitrogen and oxygen atoms in total. The molecule has 8 heteroatoms. The van der Waals surface area contributed by atoms with Crippen LogP contribution in [0.4, 0.5) is 5.69 Å². The van der Waals surface area contributed by atoms with Gasteiger partial charge in [-0.05, 0) is 41.8 Å². The molecule has 1 N–H and O–H groups in total. The van der Waals surface area contributed by atoms with Gasteiger partial charge in [-0.1, -0.05) is 66.6 Å². The van der Waals surface area contributed by atoms with Crippen LogP contribution < -0.4 is 5.32 Å². The van der Waals surface area contributed by atoms with Gasteiger partial charge in [0.05, 0.1) is 5.75 Å². The summed E-state index contributed by atoms with van der Waals surface area (Å²) in [6, 6.07) is 18.8. The second kappa shape index (κ2) is 9.97. The van der Waals surface area contributed by atoms with Gasteiger partial charge in [0, 0.05) is 28.5 Å². The van der Waals surface area contributed by atoms with E-state index in [1.54, 1.807) is 24.4 Å². The lowest BCUT2D eigenvalue weighted by atomic mass is 10.0. The van der Waals surface area contributed by atoms with Crippen LogP contribution in [-0.2, 0) is 4.79 Å². The number of carbonyl (C=O) groups excluding carboxylic acids is 1. The van der Waals surface area contributed by atoms with E-state index in [0.29, 0.717) is 33.2 Å². The van der Waals surface area contributed by atoms with Crippen molar-refractivity contribution in [3.05, 3.63) is 77.4 Å². The Labute approximate surface area is 195 Å². The number of benzene rings is 2. The van der Waals surface area contributed by atoms with Gasteiger partial charge in [-0.15, -0.1) is 0 Å². The highest BCUT2D eigenvalue weighted by molar-refractivity contribution is 7.99. The van der Waals surface area contributed by atoms with Gasteiger partial charge in [0.25, 0.3) is 0 Å². The van der Waals surface area contributed by atoms with Crippen molar-refractivity contribution < 1.29 is 9.32 Å². The third-order valence-electron chi connectivity index (χ3n) is 4.73. The van der Waals surface area contributed by atoms with E-state index in [1.807, 2.05) is 42.5 Å². The molecule has 2 heterocycles. The van der Waals surface area contributed by atoms with E-state index in [9.17, 15) is 4.79 Å². The second-order valence-corrected chi connectivity index (χ2v) is 8.80. The summed E-state index contributed by atoms with van der Waals surface area (Å²) in [6.45, 7) is 4.27. The molecule has 0 fully saturated rings. The van der Waals surface area contributed by atoms with Crippen molar-refractivity contribution in [1.82, 2.24) is 15.1 Å². The summed E-state index contributed by atoms with van der Waals surface area (Å²) >= 11 is 7.20. The van der Waals surface area contributed by atoms with Gasteiger partial charge in [0.15, 0.2) is 10.9 Å². The maximum Gasteiger partial charge on any atom is 0.234 e. The van der Waals surface area contributed by atoms with Crippen LogP contribution in [0.1, 0.15) is 25.3 Å². The molecule has 0 aliphatic rings. The van der Waals surface area contributed by atoms with Crippen molar-refractivity contribution in [3.63, 3.8) is 0 Å². The number of thioether (sulfide) groups is 1. The summed E-state index contributed by atoms with van der Waals surface area (Å²) in [6.07, 6.45) is 1.64. The minimum Gasteiger partial charge on any atom is -0.354 e. The Morgan fingerprint density at radius 3 is 2.53 bits per heavy atom. The minimum absolute atomic E-state index is 0.119. The molecule has 0 aliphatic heterocycles. The van der Waals surface area contributed by atoms with Crippen LogP contribution >= 0.6 is 23.4 Å². The van der Waals surface area contributed by atoms with Crippen molar-refractivity contribution >= 4 is 35.0 Å².